The fraction of sp³-hybridized carbons (Fsp3) is 0.0741. The molecule has 184 valence electrons. The molecule has 0 aliphatic carbocycles. The Bertz CT molecular complexity index is 1450. The van der Waals surface area contributed by atoms with Gasteiger partial charge in [-0.1, -0.05) is 71.7 Å². The largest absolute Gasteiger partial charge is 0.322 e. The average Bonchev–Trinajstić information content (AvgIpc) is 2.88. The van der Waals surface area contributed by atoms with Gasteiger partial charge in [0, 0.05) is 22.8 Å². The number of thioether (sulfide) groups is 1. The molecule has 2 N–H and O–H groups in total. The molecule has 0 unspecified atom stereocenters. The molecule has 0 atom stereocenters. The summed E-state index contributed by atoms with van der Waals surface area (Å²) in [5.41, 5.74) is 3.59. The minimum atomic E-state index is -3.89. The Morgan fingerprint density at radius 2 is 1.39 bits per heavy atom. The lowest BCUT2D eigenvalue weighted by atomic mass is 10.1. The van der Waals surface area contributed by atoms with Crippen LogP contribution in [-0.2, 0) is 21.5 Å². The summed E-state index contributed by atoms with van der Waals surface area (Å²) in [5, 5.41) is 3.15. The van der Waals surface area contributed by atoms with Crippen molar-refractivity contribution in [2.24, 2.45) is 0 Å². The molecule has 4 aromatic rings. The van der Waals surface area contributed by atoms with Gasteiger partial charge in [-0.15, -0.1) is 0 Å². The highest BCUT2D eigenvalue weighted by molar-refractivity contribution is 7.97. The Balaban J connectivity index is 1.33. The molecular formula is C27H22Cl2N2O3S2. The molecule has 0 heterocycles. The van der Waals surface area contributed by atoms with Crippen molar-refractivity contribution in [3.63, 3.8) is 0 Å². The summed E-state index contributed by atoms with van der Waals surface area (Å²) in [7, 11) is -3.89. The normalized spacial score (nSPS) is 11.2. The number of benzene rings is 4. The fourth-order valence-corrected chi connectivity index (χ4v) is 5.75. The van der Waals surface area contributed by atoms with Gasteiger partial charge in [-0.25, -0.2) is 8.42 Å². The highest BCUT2D eigenvalue weighted by Gasteiger charge is 2.17. The van der Waals surface area contributed by atoms with Crippen LogP contribution in [0.5, 0.6) is 0 Å². The van der Waals surface area contributed by atoms with Crippen LogP contribution in [0, 0.1) is 0 Å². The summed E-state index contributed by atoms with van der Waals surface area (Å²) in [4.78, 5) is 12.7. The van der Waals surface area contributed by atoms with E-state index in [9.17, 15) is 13.2 Å². The van der Waals surface area contributed by atoms with Crippen molar-refractivity contribution in [1.82, 2.24) is 0 Å². The molecule has 9 heteroatoms. The van der Waals surface area contributed by atoms with E-state index in [2.05, 4.69) is 22.2 Å². The van der Waals surface area contributed by atoms with Gasteiger partial charge < -0.3 is 5.32 Å². The monoisotopic (exact) mass is 556 g/mol. The van der Waals surface area contributed by atoms with Gasteiger partial charge in [-0.05, 0) is 59.7 Å². The SMILES string of the molecule is O=C(Nc1ccc(S(=O)(=O)Nc2cccc(Cl)c2Cl)cc1)c1ccc(CSCc2ccccc2)cc1. The fourth-order valence-electron chi connectivity index (χ4n) is 3.32. The van der Waals surface area contributed by atoms with Crippen LogP contribution in [0.2, 0.25) is 10.0 Å². The molecule has 0 saturated heterocycles. The third kappa shape index (κ3) is 6.83. The number of carbonyl (C=O) groups excluding carboxylic acids is 1. The summed E-state index contributed by atoms with van der Waals surface area (Å²) < 4.78 is 27.8. The number of amides is 1. The number of hydrogen-bond acceptors (Lipinski definition) is 4. The van der Waals surface area contributed by atoms with E-state index < -0.39 is 10.0 Å². The van der Waals surface area contributed by atoms with E-state index in [1.54, 1.807) is 24.3 Å². The zero-order valence-corrected chi connectivity index (χ0v) is 22.1. The number of hydrogen-bond donors (Lipinski definition) is 2. The van der Waals surface area contributed by atoms with Crippen LogP contribution >= 0.6 is 35.0 Å². The van der Waals surface area contributed by atoms with Crippen molar-refractivity contribution in [2.75, 3.05) is 10.0 Å². The van der Waals surface area contributed by atoms with E-state index in [0.717, 1.165) is 17.1 Å². The van der Waals surface area contributed by atoms with Gasteiger partial charge in [-0.2, -0.15) is 11.8 Å². The summed E-state index contributed by atoms with van der Waals surface area (Å²) in [6, 6.07) is 28.3. The minimum Gasteiger partial charge on any atom is -0.322 e. The molecule has 0 aromatic heterocycles. The first kappa shape index (κ1) is 26.1. The smallest absolute Gasteiger partial charge is 0.261 e. The van der Waals surface area contributed by atoms with Gasteiger partial charge in [0.1, 0.15) is 0 Å². The molecule has 0 aliphatic heterocycles. The summed E-state index contributed by atoms with van der Waals surface area (Å²) in [6.07, 6.45) is 0. The van der Waals surface area contributed by atoms with Gasteiger partial charge >= 0.3 is 0 Å². The summed E-state index contributed by atoms with van der Waals surface area (Å²) in [5.74, 6) is 1.50. The summed E-state index contributed by atoms with van der Waals surface area (Å²) >= 11 is 13.8. The minimum absolute atomic E-state index is 0.0221. The highest BCUT2D eigenvalue weighted by atomic mass is 35.5. The first-order chi connectivity index (χ1) is 17.3. The van der Waals surface area contributed by atoms with E-state index in [1.165, 1.54) is 35.9 Å². The maximum atomic E-state index is 12.7. The first-order valence-corrected chi connectivity index (χ1v) is 14.3. The second-order valence-corrected chi connectivity index (χ2v) is 11.3. The Morgan fingerprint density at radius 3 is 2.06 bits per heavy atom. The van der Waals surface area contributed by atoms with Crippen LogP contribution in [0.1, 0.15) is 21.5 Å². The second-order valence-electron chi connectivity index (χ2n) is 7.86. The Labute approximate surface area is 224 Å². The Morgan fingerprint density at radius 1 is 0.750 bits per heavy atom. The van der Waals surface area contributed by atoms with Crippen LogP contribution in [0.3, 0.4) is 0 Å². The molecule has 0 fully saturated rings. The van der Waals surface area contributed by atoms with Crippen LogP contribution in [0.25, 0.3) is 0 Å². The topological polar surface area (TPSA) is 75.3 Å². The molecular weight excluding hydrogens is 535 g/mol. The molecule has 0 bridgehead atoms. The number of sulfonamides is 1. The third-order valence-corrected chi connectivity index (χ3v) is 8.49. The van der Waals surface area contributed by atoms with Crippen LogP contribution in [0.15, 0.2) is 102 Å². The molecule has 0 radical (unpaired) electrons. The molecule has 5 nitrogen and oxygen atoms in total. The lowest BCUT2D eigenvalue weighted by molar-refractivity contribution is 0.102. The van der Waals surface area contributed by atoms with Gasteiger partial charge in [0.25, 0.3) is 15.9 Å². The van der Waals surface area contributed by atoms with E-state index in [-0.39, 0.29) is 26.5 Å². The second kappa shape index (κ2) is 11.8. The van der Waals surface area contributed by atoms with Crippen LogP contribution < -0.4 is 10.0 Å². The standard InChI is InChI=1S/C27H22Cl2N2O3S2/c28-24-7-4-8-25(26(24)29)31-36(33,34)23-15-13-22(14-16-23)30-27(32)21-11-9-20(10-12-21)18-35-17-19-5-2-1-3-6-19/h1-16,31H,17-18H2,(H,30,32). The zero-order chi connectivity index (χ0) is 25.5. The first-order valence-electron chi connectivity index (χ1n) is 10.9. The lowest BCUT2D eigenvalue weighted by Crippen LogP contribution is -2.14. The maximum absolute atomic E-state index is 12.7. The maximum Gasteiger partial charge on any atom is 0.261 e. The summed E-state index contributed by atoms with van der Waals surface area (Å²) in [6.45, 7) is 0. The molecule has 0 spiro atoms. The number of carbonyl (C=O) groups is 1. The van der Waals surface area contributed by atoms with Crippen molar-refractivity contribution in [3.05, 3.63) is 124 Å². The molecule has 1 amide bonds. The molecule has 4 aromatic carbocycles. The van der Waals surface area contributed by atoms with Crippen molar-refractivity contribution in [3.8, 4) is 0 Å². The third-order valence-electron chi connectivity index (χ3n) is 5.21. The van der Waals surface area contributed by atoms with E-state index in [0.29, 0.717) is 11.3 Å². The van der Waals surface area contributed by atoms with Crippen molar-refractivity contribution in [2.45, 2.75) is 16.4 Å². The Kier molecular flexibility index (Phi) is 8.59. The van der Waals surface area contributed by atoms with Crippen LogP contribution in [-0.4, -0.2) is 14.3 Å². The zero-order valence-electron chi connectivity index (χ0n) is 18.9. The van der Waals surface area contributed by atoms with Crippen molar-refractivity contribution < 1.29 is 13.2 Å². The van der Waals surface area contributed by atoms with Crippen LogP contribution in [0.4, 0.5) is 11.4 Å². The van der Waals surface area contributed by atoms with Gasteiger partial charge in [0.05, 0.1) is 20.6 Å². The van der Waals surface area contributed by atoms with Gasteiger partial charge in [-0.3, -0.25) is 9.52 Å². The quantitative estimate of drug-likeness (QED) is 0.224. The van der Waals surface area contributed by atoms with Crippen molar-refractivity contribution in [1.29, 1.82) is 0 Å². The highest BCUT2D eigenvalue weighted by Crippen LogP contribution is 2.31. The lowest BCUT2D eigenvalue weighted by Gasteiger charge is -2.11. The molecule has 4 rings (SSSR count). The number of nitrogens with one attached hydrogen (secondary N) is 2. The predicted octanol–water partition coefficient (Wildman–Crippen LogP) is 7.48. The average molecular weight is 558 g/mol. The Hall–Kier alpha value is -2.97. The van der Waals surface area contributed by atoms with Crippen molar-refractivity contribution >= 4 is 62.3 Å². The molecule has 0 saturated carbocycles. The van der Waals surface area contributed by atoms with E-state index in [1.807, 2.05) is 42.1 Å². The van der Waals surface area contributed by atoms with Gasteiger partial charge in [0.2, 0.25) is 0 Å². The van der Waals surface area contributed by atoms with E-state index >= 15 is 0 Å². The predicted molar refractivity (Wildman–Crippen MR) is 150 cm³/mol. The number of anilines is 2. The number of rotatable bonds is 9. The van der Waals surface area contributed by atoms with E-state index in [4.69, 9.17) is 23.2 Å². The molecule has 36 heavy (non-hydrogen) atoms. The number of halogens is 2. The van der Waals surface area contributed by atoms with Gasteiger partial charge in [0.15, 0.2) is 0 Å². The molecule has 0 aliphatic rings.